The maximum absolute atomic E-state index is 13.9. The minimum Gasteiger partial charge on any atom is -0.258 e. The lowest BCUT2D eigenvalue weighted by atomic mass is 9.95. The van der Waals surface area contributed by atoms with Gasteiger partial charge in [-0.2, -0.15) is 24.5 Å². The molecule has 29 heavy (non-hydrogen) atoms. The number of alkyl halides is 3. The van der Waals surface area contributed by atoms with Gasteiger partial charge in [0.2, 0.25) is 0 Å². The van der Waals surface area contributed by atoms with Crippen molar-refractivity contribution in [3.63, 3.8) is 0 Å². The minimum atomic E-state index is -4.59. The van der Waals surface area contributed by atoms with Gasteiger partial charge < -0.3 is 0 Å². The van der Waals surface area contributed by atoms with Crippen molar-refractivity contribution in [3.8, 4) is 11.1 Å². The zero-order valence-corrected chi connectivity index (χ0v) is 15.7. The third-order valence-electron chi connectivity index (χ3n) is 4.62. The molecule has 0 bridgehead atoms. The fraction of sp³-hybridized carbons (Fsp3) is 0.0952. The van der Waals surface area contributed by atoms with Crippen molar-refractivity contribution < 1.29 is 18.1 Å². The summed E-state index contributed by atoms with van der Waals surface area (Å²) in [5.41, 5.74) is 1.28. The molecule has 1 aromatic heterocycles. The third-order valence-corrected chi connectivity index (χ3v) is 5.29. The Morgan fingerprint density at radius 1 is 1.14 bits per heavy atom. The molecule has 0 N–H and O–H groups in total. The highest BCUT2D eigenvalue weighted by Gasteiger charge is 2.39. The molecule has 0 aliphatic heterocycles. The number of rotatable bonds is 4. The van der Waals surface area contributed by atoms with Gasteiger partial charge in [-0.3, -0.25) is 10.1 Å². The van der Waals surface area contributed by atoms with Crippen molar-refractivity contribution in [3.05, 3.63) is 92.2 Å². The van der Waals surface area contributed by atoms with Crippen LogP contribution in [0.4, 0.5) is 24.5 Å². The minimum absolute atomic E-state index is 0.00388. The van der Waals surface area contributed by atoms with Crippen LogP contribution in [0.2, 0.25) is 0 Å². The van der Waals surface area contributed by atoms with E-state index in [9.17, 15) is 23.3 Å². The van der Waals surface area contributed by atoms with Crippen LogP contribution in [0.3, 0.4) is 0 Å². The average molecular weight is 414 g/mol. The van der Waals surface area contributed by atoms with E-state index in [1.165, 1.54) is 35.6 Å². The summed E-state index contributed by atoms with van der Waals surface area (Å²) < 4.78 is 41.7. The smallest absolute Gasteiger partial charge is 0.258 e. The van der Waals surface area contributed by atoms with Gasteiger partial charge in [-0.1, -0.05) is 6.08 Å². The van der Waals surface area contributed by atoms with Crippen molar-refractivity contribution in [2.75, 3.05) is 0 Å². The summed E-state index contributed by atoms with van der Waals surface area (Å²) in [6.45, 7) is 3.61. The summed E-state index contributed by atoms with van der Waals surface area (Å²) in [4.78, 5) is 15.2. The Bertz CT molecular complexity index is 1170. The lowest BCUT2D eigenvalue weighted by Crippen LogP contribution is -2.09. The lowest BCUT2D eigenvalue weighted by Gasteiger charge is -2.15. The highest BCUT2D eigenvalue weighted by Crippen LogP contribution is 2.47. The summed E-state index contributed by atoms with van der Waals surface area (Å²) in [6, 6.07) is 8.38. The summed E-state index contributed by atoms with van der Waals surface area (Å²) in [6.07, 6.45) is -2.79. The lowest BCUT2D eigenvalue weighted by molar-refractivity contribution is -0.384. The number of benzene rings is 2. The Labute approximate surface area is 167 Å². The van der Waals surface area contributed by atoms with E-state index in [0.717, 1.165) is 6.07 Å². The van der Waals surface area contributed by atoms with Gasteiger partial charge in [-0.05, 0) is 47.2 Å². The molecule has 0 fully saturated rings. The van der Waals surface area contributed by atoms with Crippen LogP contribution < -0.4 is 0 Å². The second-order valence-electron chi connectivity index (χ2n) is 6.49. The topological polar surface area (TPSA) is 55.5 Å². The van der Waals surface area contributed by atoms with Gasteiger partial charge in [0.05, 0.1) is 21.9 Å². The van der Waals surface area contributed by atoms with E-state index in [2.05, 4.69) is 11.6 Å². The number of nitro benzene ring substituents is 1. The van der Waals surface area contributed by atoms with Crippen LogP contribution in [-0.2, 0) is 12.6 Å². The van der Waals surface area contributed by atoms with Gasteiger partial charge in [0.15, 0.2) is 0 Å². The van der Waals surface area contributed by atoms with Crippen LogP contribution in [-0.4, -0.2) is 10.6 Å². The van der Waals surface area contributed by atoms with Crippen LogP contribution in [0.15, 0.2) is 64.8 Å². The van der Waals surface area contributed by atoms with Crippen LogP contribution in [0.5, 0.6) is 0 Å². The quantitative estimate of drug-likeness (QED) is 0.216. The molecule has 3 aromatic rings. The second-order valence-corrected chi connectivity index (χ2v) is 7.27. The number of hydrogen-bond acceptors (Lipinski definition) is 4. The van der Waals surface area contributed by atoms with Gasteiger partial charge >= 0.3 is 6.18 Å². The zero-order chi connectivity index (χ0) is 20.8. The van der Waals surface area contributed by atoms with E-state index in [4.69, 9.17) is 0 Å². The fourth-order valence-electron chi connectivity index (χ4n) is 3.46. The summed E-state index contributed by atoms with van der Waals surface area (Å²) >= 11 is 1.40. The number of aliphatic imine (C=N–C) groups is 1. The number of nitro groups is 1. The van der Waals surface area contributed by atoms with E-state index >= 15 is 0 Å². The molecule has 4 rings (SSSR count). The predicted octanol–water partition coefficient (Wildman–Crippen LogP) is 6.55. The molecule has 1 aliphatic rings. The fourth-order valence-corrected chi connectivity index (χ4v) is 4.03. The highest BCUT2D eigenvalue weighted by molar-refractivity contribution is 7.08. The Morgan fingerprint density at radius 2 is 1.93 bits per heavy atom. The van der Waals surface area contributed by atoms with E-state index in [1.54, 1.807) is 22.9 Å². The number of allylic oxidation sites excluding steroid dienone is 1. The van der Waals surface area contributed by atoms with Gasteiger partial charge in [-0.25, -0.2) is 4.99 Å². The molecule has 2 aromatic carbocycles. The summed E-state index contributed by atoms with van der Waals surface area (Å²) in [7, 11) is 0. The van der Waals surface area contributed by atoms with E-state index in [1.807, 2.05) is 0 Å². The number of thiophene rings is 1. The number of halogens is 3. The SMILES string of the molecule is C=CCc1cc2c(c(C(F)(F)F)c1)-c1ccc([N+](=O)[O-])cc1C2=Nc1ccsc1. The van der Waals surface area contributed by atoms with Crippen molar-refractivity contribution in [1.82, 2.24) is 0 Å². The molecule has 1 aliphatic carbocycles. The first-order valence-electron chi connectivity index (χ1n) is 8.55. The van der Waals surface area contributed by atoms with Crippen molar-refractivity contribution in [2.45, 2.75) is 12.6 Å². The number of hydrogen-bond donors (Lipinski definition) is 0. The zero-order valence-electron chi connectivity index (χ0n) is 14.9. The molecule has 0 spiro atoms. The summed E-state index contributed by atoms with van der Waals surface area (Å²) in [5, 5.41) is 14.8. The van der Waals surface area contributed by atoms with E-state index in [0.29, 0.717) is 28.1 Å². The standard InChI is InChI=1S/C21H13F3N2O2S/c1-2-3-12-8-17-19(18(9-12)21(22,23)24)15-5-4-14(26(27)28)10-16(15)20(17)25-13-6-7-29-11-13/h2,4-11H,1,3H2. The van der Waals surface area contributed by atoms with E-state index in [-0.39, 0.29) is 23.2 Å². The monoisotopic (exact) mass is 414 g/mol. The molecular weight excluding hydrogens is 401 g/mol. The highest BCUT2D eigenvalue weighted by atomic mass is 32.1. The molecule has 0 unspecified atom stereocenters. The molecule has 0 saturated carbocycles. The maximum Gasteiger partial charge on any atom is 0.417 e. The second kappa shape index (κ2) is 6.97. The molecular formula is C21H13F3N2O2S. The van der Waals surface area contributed by atoms with Gasteiger partial charge in [0, 0.05) is 34.2 Å². The van der Waals surface area contributed by atoms with Crippen LogP contribution in [0, 0.1) is 10.1 Å². The molecule has 1 heterocycles. The molecule has 146 valence electrons. The van der Waals surface area contributed by atoms with Crippen molar-refractivity contribution >= 4 is 28.4 Å². The van der Waals surface area contributed by atoms with Crippen LogP contribution in [0.25, 0.3) is 11.1 Å². The Balaban J connectivity index is 2.07. The van der Waals surface area contributed by atoms with Gasteiger partial charge in [0.1, 0.15) is 0 Å². The predicted molar refractivity (Wildman–Crippen MR) is 107 cm³/mol. The van der Waals surface area contributed by atoms with Crippen LogP contribution in [0.1, 0.15) is 22.3 Å². The van der Waals surface area contributed by atoms with Crippen molar-refractivity contribution in [2.24, 2.45) is 4.99 Å². The number of non-ortho nitro benzene ring substituents is 1. The Kier molecular flexibility index (Phi) is 4.58. The Morgan fingerprint density at radius 3 is 2.55 bits per heavy atom. The largest absolute Gasteiger partial charge is 0.417 e. The van der Waals surface area contributed by atoms with Gasteiger partial charge in [-0.15, -0.1) is 6.58 Å². The molecule has 0 atom stereocenters. The third kappa shape index (κ3) is 3.36. The Hall–Kier alpha value is -3.26. The first kappa shape index (κ1) is 19.1. The number of nitrogens with zero attached hydrogens (tertiary/aromatic N) is 2. The first-order chi connectivity index (χ1) is 13.8. The molecule has 0 radical (unpaired) electrons. The molecule has 8 heteroatoms. The summed E-state index contributed by atoms with van der Waals surface area (Å²) in [5.74, 6) is 0. The first-order valence-corrected chi connectivity index (χ1v) is 9.49. The van der Waals surface area contributed by atoms with Crippen LogP contribution >= 0.6 is 11.3 Å². The van der Waals surface area contributed by atoms with Gasteiger partial charge in [0.25, 0.3) is 5.69 Å². The van der Waals surface area contributed by atoms with E-state index < -0.39 is 16.7 Å². The normalized spacial score (nSPS) is 14.0. The molecule has 0 saturated heterocycles. The number of fused-ring (bicyclic) bond motifs is 3. The average Bonchev–Trinajstić information content (AvgIpc) is 3.27. The molecule has 4 nitrogen and oxygen atoms in total. The van der Waals surface area contributed by atoms with Crippen molar-refractivity contribution in [1.29, 1.82) is 0 Å². The molecule has 0 amide bonds. The maximum atomic E-state index is 13.9.